The highest BCUT2D eigenvalue weighted by Crippen LogP contribution is 2.27. The van der Waals surface area contributed by atoms with Gasteiger partial charge in [0.05, 0.1) is 10.6 Å². The summed E-state index contributed by atoms with van der Waals surface area (Å²) in [5.74, 6) is -0.780. The standard InChI is InChI=1S/C31H38ClN3O4S/c1-7-28(30(37)33-31(4,5)6)34(20-24-13-9-8-12-23(24)3)29(36)21-35(26-14-10-11-22(2)19-26)40(38,39)27-17-15-25(32)16-18-27/h8-19,28H,7,20-21H2,1-6H3,(H,33,37). The molecule has 0 fully saturated rings. The summed E-state index contributed by atoms with van der Waals surface area (Å²) in [5, 5.41) is 3.38. The van der Waals surface area contributed by atoms with Crippen LogP contribution in [-0.4, -0.2) is 43.3 Å². The molecule has 214 valence electrons. The summed E-state index contributed by atoms with van der Waals surface area (Å²) < 4.78 is 28.9. The number of rotatable bonds is 10. The summed E-state index contributed by atoms with van der Waals surface area (Å²) in [4.78, 5) is 29.1. The van der Waals surface area contributed by atoms with Gasteiger partial charge in [0.15, 0.2) is 0 Å². The van der Waals surface area contributed by atoms with Crippen molar-refractivity contribution in [3.8, 4) is 0 Å². The van der Waals surface area contributed by atoms with E-state index in [-0.39, 0.29) is 17.3 Å². The fraction of sp³-hybridized carbons (Fsp3) is 0.355. The smallest absolute Gasteiger partial charge is 0.264 e. The number of hydrogen-bond acceptors (Lipinski definition) is 4. The molecule has 0 aliphatic rings. The van der Waals surface area contributed by atoms with Gasteiger partial charge in [0.2, 0.25) is 11.8 Å². The summed E-state index contributed by atoms with van der Waals surface area (Å²) in [6.07, 6.45) is 0.355. The topological polar surface area (TPSA) is 86.8 Å². The lowest BCUT2D eigenvalue weighted by atomic mass is 10.0. The number of halogens is 1. The van der Waals surface area contributed by atoms with Gasteiger partial charge in [-0.2, -0.15) is 0 Å². The molecule has 0 saturated carbocycles. The van der Waals surface area contributed by atoms with E-state index in [2.05, 4.69) is 5.32 Å². The minimum absolute atomic E-state index is 0.00850. The van der Waals surface area contributed by atoms with Crippen LogP contribution in [0.4, 0.5) is 5.69 Å². The maximum Gasteiger partial charge on any atom is 0.264 e. The molecule has 1 unspecified atom stereocenters. The average molecular weight is 584 g/mol. The first kappa shape index (κ1) is 31.2. The molecule has 0 heterocycles. The van der Waals surface area contributed by atoms with E-state index in [9.17, 15) is 18.0 Å². The lowest BCUT2D eigenvalue weighted by molar-refractivity contribution is -0.141. The van der Waals surface area contributed by atoms with Crippen molar-refractivity contribution in [1.82, 2.24) is 10.2 Å². The highest BCUT2D eigenvalue weighted by atomic mass is 35.5. The van der Waals surface area contributed by atoms with Crippen molar-refractivity contribution in [3.05, 3.63) is 94.5 Å². The number of sulfonamides is 1. The Morgan fingerprint density at radius 3 is 2.17 bits per heavy atom. The molecule has 40 heavy (non-hydrogen) atoms. The molecule has 0 radical (unpaired) electrons. The summed E-state index contributed by atoms with van der Waals surface area (Å²) in [7, 11) is -4.15. The number of nitrogens with one attached hydrogen (secondary N) is 1. The van der Waals surface area contributed by atoms with Crippen molar-refractivity contribution in [1.29, 1.82) is 0 Å². The van der Waals surface area contributed by atoms with Crippen molar-refractivity contribution in [3.63, 3.8) is 0 Å². The molecule has 1 atom stereocenters. The Morgan fingerprint density at radius 2 is 1.60 bits per heavy atom. The zero-order chi connectivity index (χ0) is 29.7. The first-order valence-corrected chi connectivity index (χ1v) is 15.1. The second-order valence-corrected chi connectivity index (χ2v) is 13.2. The van der Waals surface area contributed by atoms with Crippen LogP contribution in [0.5, 0.6) is 0 Å². The molecule has 1 N–H and O–H groups in total. The highest BCUT2D eigenvalue weighted by molar-refractivity contribution is 7.92. The molecule has 2 amide bonds. The Bertz CT molecular complexity index is 1450. The average Bonchev–Trinajstić information content (AvgIpc) is 2.87. The maximum atomic E-state index is 14.1. The van der Waals surface area contributed by atoms with Crippen molar-refractivity contribution in [2.24, 2.45) is 0 Å². The fourth-order valence-corrected chi connectivity index (χ4v) is 5.92. The summed E-state index contributed by atoms with van der Waals surface area (Å²) in [6.45, 7) is 10.9. The Hall–Kier alpha value is -3.36. The predicted molar refractivity (Wildman–Crippen MR) is 161 cm³/mol. The number of nitrogens with zero attached hydrogens (tertiary/aromatic N) is 2. The van der Waals surface area contributed by atoms with Gasteiger partial charge in [-0.15, -0.1) is 0 Å². The minimum Gasteiger partial charge on any atom is -0.350 e. The first-order valence-electron chi connectivity index (χ1n) is 13.2. The van der Waals surface area contributed by atoms with Gasteiger partial charge in [-0.1, -0.05) is 54.9 Å². The summed E-state index contributed by atoms with van der Waals surface area (Å²) >= 11 is 6.01. The molecule has 0 aliphatic carbocycles. The molecule has 0 bridgehead atoms. The van der Waals surface area contributed by atoms with Gasteiger partial charge < -0.3 is 10.2 Å². The van der Waals surface area contributed by atoms with E-state index in [1.165, 1.54) is 29.2 Å². The molecule has 9 heteroatoms. The molecule has 0 saturated heterocycles. The molecule has 3 rings (SSSR count). The van der Waals surface area contributed by atoms with Crippen LogP contribution < -0.4 is 9.62 Å². The monoisotopic (exact) mass is 583 g/mol. The molecular formula is C31H38ClN3O4S. The molecule has 0 aliphatic heterocycles. The second kappa shape index (κ2) is 12.9. The van der Waals surface area contributed by atoms with Crippen LogP contribution >= 0.6 is 11.6 Å². The third-order valence-electron chi connectivity index (χ3n) is 6.46. The largest absolute Gasteiger partial charge is 0.350 e. The van der Waals surface area contributed by atoms with Gasteiger partial charge in [-0.3, -0.25) is 13.9 Å². The van der Waals surface area contributed by atoms with Crippen molar-refractivity contribution < 1.29 is 18.0 Å². The van der Waals surface area contributed by atoms with Crippen LogP contribution in [0.2, 0.25) is 5.02 Å². The zero-order valence-corrected chi connectivity index (χ0v) is 25.5. The lowest BCUT2D eigenvalue weighted by Gasteiger charge is -2.35. The molecular weight excluding hydrogens is 546 g/mol. The number of carbonyl (C=O) groups is 2. The van der Waals surface area contributed by atoms with Gasteiger partial charge >= 0.3 is 0 Å². The fourth-order valence-electron chi connectivity index (χ4n) is 4.39. The van der Waals surface area contributed by atoms with Crippen LogP contribution in [0, 0.1) is 13.8 Å². The number of benzene rings is 3. The highest BCUT2D eigenvalue weighted by Gasteiger charge is 2.34. The summed E-state index contributed by atoms with van der Waals surface area (Å²) in [6, 6.07) is 19.6. The van der Waals surface area contributed by atoms with Gasteiger partial charge in [-0.05, 0) is 94.1 Å². The zero-order valence-electron chi connectivity index (χ0n) is 23.9. The Labute approximate surface area is 243 Å². The molecule has 0 aromatic heterocycles. The first-order chi connectivity index (χ1) is 18.7. The van der Waals surface area contributed by atoms with E-state index in [4.69, 9.17) is 11.6 Å². The summed E-state index contributed by atoms with van der Waals surface area (Å²) in [5.41, 5.74) is 2.53. The van der Waals surface area contributed by atoms with E-state index in [0.29, 0.717) is 17.1 Å². The van der Waals surface area contributed by atoms with Crippen LogP contribution in [0.15, 0.2) is 77.7 Å². The van der Waals surface area contributed by atoms with E-state index in [0.717, 1.165) is 21.0 Å². The minimum atomic E-state index is -4.15. The Kier molecular flexibility index (Phi) is 10.0. The van der Waals surface area contributed by atoms with E-state index in [1.54, 1.807) is 18.2 Å². The number of anilines is 1. The van der Waals surface area contributed by atoms with E-state index < -0.39 is 34.1 Å². The Balaban J connectivity index is 2.09. The van der Waals surface area contributed by atoms with Gasteiger partial charge in [0, 0.05) is 17.1 Å². The molecule has 7 nitrogen and oxygen atoms in total. The third kappa shape index (κ3) is 7.86. The molecule has 3 aromatic rings. The SMILES string of the molecule is CCC(C(=O)NC(C)(C)C)N(Cc1ccccc1C)C(=O)CN(c1cccc(C)c1)S(=O)(=O)c1ccc(Cl)cc1. The van der Waals surface area contributed by atoms with Crippen molar-refractivity contribution >= 4 is 39.1 Å². The van der Waals surface area contributed by atoms with Crippen LogP contribution in [0.3, 0.4) is 0 Å². The quantitative estimate of drug-likeness (QED) is 0.323. The van der Waals surface area contributed by atoms with E-state index >= 15 is 0 Å². The van der Waals surface area contributed by atoms with Crippen molar-refractivity contribution in [2.75, 3.05) is 10.8 Å². The molecule has 3 aromatic carbocycles. The maximum absolute atomic E-state index is 14.1. The number of amides is 2. The van der Waals surface area contributed by atoms with Crippen LogP contribution in [0.1, 0.15) is 50.8 Å². The normalized spacial score (nSPS) is 12.5. The van der Waals surface area contributed by atoms with Crippen LogP contribution in [0.25, 0.3) is 0 Å². The number of aryl methyl sites for hydroxylation is 2. The third-order valence-corrected chi connectivity index (χ3v) is 8.50. The van der Waals surface area contributed by atoms with Gasteiger partial charge in [0.1, 0.15) is 12.6 Å². The predicted octanol–water partition coefficient (Wildman–Crippen LogP) is 5.87. The van der Waals surface area contributed by atoms with Gasteiger partial charge in [-0.25, -0.2) is 8.42 Å². The lowest BCUT2D eigenvalue weighted by Crippen LogP contribution is -2.55. The number of hydrogen-bond donors (Lipinski definition) is 1. The second-order valence-electron chi connectivity index (χ2n) is 10.9. The number of carbonyl (C=O) groups excluding carboxylic acids is 2. The van der Waals surface area contributed by atoms with Gasteiger partial charge in [0.25, 0.3) is 10.0 Å². The van der Waals surface area contributed by atoms with E-state index in [1.807, 2.05) is 71.9 Å². The Morgan fingerprint density at radius 1 is 0.950 bits per heavy atom. The van der Waals surface area contributed by atoms with Crippen LogP contribution in [-0.2, 0) is 26.2 Å². The molecule has 0 spiro atoms. The van der Waals surface area contributed by atoms with Crippen molar-refractivity contribution in [2.45, 2.75) is 71.0 Å².